The third-order valence-electron chi connectivity index (χ3n) is 5.54. The Morgan fingerprint density at radius 2 is 1.93 bits per heavy atom. The molecule has 8 heteroatoms. The molecule has 1 aliphatic carbocycles. The van der Waals surface area contributed by atoms with Gasteiger partial charge < -0.3 is 14.2 Å². The van der Waals surface area contributed by atoms with Crippen molar-refractivity contribution in [2.45, 2.75) is 57.6 Å². The number of carbonyl (C=O) groups is 1. The van der Waals surface area contributed by atoms with Crippen molar-refractivity contribution in [2.75, 3.05) is 13.4 Å². The van der Waals surface area contributed by atoms with Crippen LogP contribution in [-0.2, 0) is 30.3 Å². The third kappa shape index (κ3) is 4.00. The number of hydrogen-bond donors (Lipinski definition) is 1. The average Bonchev–Trinajstić information content (AvgIpc) is 2.85. The van der Waals surface area contributed by atoms with Gasteiger partial charge in [0.1, 0.15) is 5.54 Å². The van der Waals surface area contributed by atoms with Gasteiger partial charge in [-0.05, 0) is 56.2 Å². The van der Waals surface area contributed by atoms with E-state index in [1.54, 1.807) is 7.11 Å². The molecule has 1 aromatic rings. The van der Waals surface area contributed by atoms with Crippen molar-refractivity contribution in [1.82, 2.24) is 5.32 Å². The second-order valence-corrected chi connectivity index (χ2v) is 10.0. The zero-order chi connectivity index (χ0) is 20.7. The van der Waals surface area contributed by atoms with Gasteiger partial charge in [-0.15, -0.1) is 0 Å². The van der Waals surface area contributed by atoms with E-state index in [0.29, 0.717) is 30.4 Å². The van der Waals surface area contributed by atoms with E-state index < -0.39 is 15.7 Å². The highest BCUT2D eigenvalue weighted by Crippen LogP contribution is 2.46. The van der Waals surface area contributed by atoms with Crippen molar-refractivity contribution >= 4 is 37.5 Å². The van der Waals surface area contributed by atoms with Gasteiger partial charge in [0.05, 0.1) is 17.9 Å². The van der Waals surface area contributed by atoms with Gasteiger partial charge in [-0.2, -0.15) is 8.42 Å². The van der Waals surface area contributed by atoms with Crippen molar-refractivity contribution in [3.8, 4) is 0 Å². The standard InChI is InChI=1S/C20H26BrNO5S/c1-5-13-10-12(2)11-15(21)16(13)17-18(27-28(4,24)25)20(22-19(17)23)8-6-14(26-3)7-9-20/h10-11,14H,5-9H2,1-4H3,(H,22,23). The summed E-state index contributed by atoms with van der Waals surface area (Å²) in [4.78, 5) is 13.1. The average molecular weight is 472 g/mol. The summed E-state index contributed by atoms with van der Waals surface area (Å²) in [6.45, 7) is 3.99. The quantitative estimate of drug-likeness (QED) is 0.664. The molecule has 6 nitrogen and oxygen atoms in total. The van der Waals surface area contributed by atoms with E-state index in [-0.39, 0.29) is 17.8 Å². The number of aryl methyl sites for hydroxylation is 2. The first-order valence-electron chi connectivity index (χ1n) is 9.39. The van der Waals surface area contributed by atoms with E-state index in [4.69, 9.17) is 8.92 Å². The lowest BCUT2D eigenvalue weighted by Crippen LogP contribution is -2.49. The lowest BCUT2D eigenvalue weighted by molar-refractivity contribution is -0.116. The van der Waals surface area contributed by atoms with E-state index >= 15 is 0 Å². The summed E-state index contributed by atoms with van der Waals surface area (Å²) in [5.74, 6) is -0.0809. The molecular formula is C20H26BrNO5S. The van der Waals surface area contributed by atoms with Gasteiger partial charge in [0.2, 0.25) is 0 Å². The van der Waals surface area contributed by atoms with Crippen LogP contribution in [0.3, 0.4) is 0 Å². The molecule has 1 spiro atoms. The molecule has 154 valence electrons. The topological polar surface area (TPSA) is 81.7 Å². The smallest absolute Gasteiger partial charge is 0.306 e. The predicted molar refractivity (Wildman–Crippen MR) is 111 cm³/mol. The van der Waals surface area contributed by atoms with Crippen LogP contribution < -0.4 is 5.32 Å². The number of nitrogens with one attached hydrogen (secondary N) is 1. The molecule has 1 N–H and O–H groups in total. The van der Waals surface area contributed by atoms with Crippen molar-refractivity contribution in [2.24, 2.45) is 0 Å². The first-order valence-corrected chi connectivity index (χ1v) is 12.0. The van der Waals surface area contributed by atoms with Gasteiger partial charge in [-0.25, -0.2) is 0 Å². The highest BCUT2D eigenvalue weighted by molar-refractivity contribution is 9.10. The van der Waals surface area contributed by atoms with Crippen LogP contribution >= 0.6 is 15.9 Å². The Hall–Kier alpha value is -1.38. The molecule has 0 radical (unpaired) electrons. The zero-order valence-electron chi connectivity index (χ0n) is 16.6. The first-order chi connectivity index (χ1) is 13.1. The summed E-state index contributed by atoms with van der Waals surface area (Å²) in [7, 11) is -2.13. The summed E-state index contributed by atoms with van der Waals surface area (Å²) in [5, 5.41) is 3.05. The largest absolute Gasteiger partial charge is 0.384 e. The highest BCUT2D eigenvalue weighted by Gasteiger charge is 2.50. The third-order valence-corrected chi connectivity index (χ3v) is 6.64. The van der Waals surface area contributed by atoms with Gasteiger partial charge in [-0.1, -0.05) is 28.9 Å². The predicted octanol–water partition coefficient (Wildman–Crippen LogP) is 3.46. The van der Waals surface area contributed by atoms with Crippen LogP contribution in [-0.4, -0.2) is 39.3 Å². The summed E-state index contributed by atoms with van der Waals surface area (Å²) in [5.41, 5.74) is 2.22. The van der Waals surface area contributed by atoms with Crippen LogP contribution in [0.25, 0.3) is 5.57 Å². The van der Waals surface area contributed by atoms with Crippen LogP contribution in [0.4, 0.5) is 0 Å². The van der Waals surface area contributed by atoms with E-state index in [2.05, 4.69) is 21.2 Å². The Labute approximate surface area is 174 Å². The Morgan fingerprint density at radius 1 is 1.29 bits per heavy atom. The fourth-order valence-electron chi connectivity index (χ4n) is 4.22. The Kier molecular flexibility index (Phi) is 5.94. The molecular weight excluding hydrogens is 446 g/mol. The van der Waals surface area contributed by atoms with Crippen molar-refractivity contribution in [1.29, 1.82) is 0 Å². The van der Waals surface area contributed by atoms with Gasteiger partial charge in [0, 0.05) is 17.1 Å². The molecule has 1 amide bonds. The van der Waals surface area contributed by atoms with Gasteiger partial charge in [0.25, 0.3) is 5.91 Å². The van der Waals surface area contributed by atoms with Gasteiger partial charge in [0.15, 0.2) is 5.76 Å². The lowest BCUT2D eigenvalue weighted by atomic mass is 9.79. The molecule has 0 unspecified atom stereocenters. The minimum atomic E-state index is -3.80. The summed E-state index contributed by atoms with van der Waals surface area (Å²) in [6, 6.07) is 3.95. The second-order valence-electron chi connectivity index (χ2n) is 7.60. The molecule has 0 bridgehead atoms. The molecule has 28 heavy (non-hydrogen) atoms. The molecule has 0 saturated heterocycles. The van der Waals surface area contributed by atoms with Crippen LogP contribution in [0.5, 0.6) is 0 Å². The first kappa shape index (κ1) is 21.3. The minimum Gasteiger partial charge on any atom is -0.384 e. The number of benzene rings is 1. The van der Waals surface area contributed by atoms with E-state index in [1.807, 2.05) is 26.0 Å². The number of carbonyl (C=O) groups excluding carboxylic acids is 1. The molecule has 1 aliphatic heterocycles. The number of amides is 1. The van der Waals surface area contributed by atoms with Gasteiger partial charge >= 0.3 is 10.1 Å². The molecule has 1 fully saturated rings. The molecule has 1 heterocycles. The van der Waals surface area contributed by atoms with Crippen molar-refractivity contribution < 1.29 is 22.1 Å². The van der Waals surface area contributed by atoms with Crippen molar-refractivity contribution in [3.63, 3.8) is 0 Å². The molecule has 1 aromatic carbocycles. The Balaban J connectivity index is 2.22. The highest BCUT2D eigenvalue weighted by atomic mass is 79.9. The normalized spacial score (nSPS) is 25.3. The van der Waals surface area contributed by atoms with Crippen LogP contribution in [0.2, 0.25) is 0 Å². The zero-order valence-corrected chi connectivity index (χ0v) is 19.0. The van der Waals surface area contributed by atoms with Gasteiger partial charge in [-0.3, -0.25) is 4.79 Å². The van der Waals surface area contributed by atoms with E-state index in [1.165, 1.54) is 0 Å². The summed E-state index contributed by atoms with van der Waals surface area (Å²) >= 11 is 3.58. The molecule has 3 rings (SSSR count). The summed E-state index contributed by atoms with van der Waals surface area (Å²) < 4.78 is 35.8. The maximum Gasteiger partial charge on any atom is 0.306 e. The second kappa shape index (κ2) is 7.80. The number of rotatable bonds is 5. The maximum atomic E-state index is 13.1. The van der Waals surface area contributed by atoms with E-state index in [0.717, 1.165) is 34.7 Å². The monoisotopic (exact) mass is 471 g/mol. The number of ether oxygens (including phenoxy) is 1. The molecule has 0 aromatic heterocycles. The summed E-state index contributed by atoms with van der Waals surface area (Å²) in [6.07, 6.45) is 4.39. The maximum absolute atomic E-state index is 13.1. The van der Waals surface area contributed by atoms with Crippen LogP contribution in [0.1, 0.15) is 49.3 Å². The van der Waals surface area contributed by atoms with E-state index in [9.17, 15) is 13.2 Å². The van der Waals surface area contributed by atoms with Crippen molar-refractivity contribution in [3.05, 3.63) is 39.1 Å². The Morgan fingerprint density at radius 3 is 2.46 bits per heavy atom. The molecule has 2 aliphatic rings. The fourth-order valence-corrected chi connectivity index (χ4v) is 5.58. The number of methoxy groups -OCH3 is 1. The number of halogens is 1. The Bertz CT molecular complexity index is 930. The van der Waals surface area contributed by atoms with Crippen LogP contribution in [0, 0.1) is 6.92 Å². The molecule has 0 atom stereocenters. The van der Waals surface area contributed by atoms with Crippen LogP contribution in [0.15, 0.2) is 22.4 Å². The number of hydrogen-bond acceptors (Lipinski definition) is 5. The fraction of sp³-hybridized carbons (Fsp3) is 0.550. The minimum absolute atomic E-state index is 0.100. The SMILES string of the molecule is CCc1cc(C)cc(Br)c1C1=C(OS(C)(=O)=O)C2(CCC(OC)CC2)NC1=O. The lowest BCUT2D eigenvalue weighted by Gasteiger charge is -2.37. The molecule has 1 saturated carbocycles.